The first-order valence-electron chi connectivity index (χ1n) is 10.4. The largest absolute Gasteiger partial charge is 0.478 e. The van der Waals surface area contributed by atoms with Crippen LogP contribution in [0.1, 0.15) is 55.7 Å². The number of fused-ring (bicyclic) bond motifs is 1. The Labute approximate surface area is 194 Å². The van der Waals surface area contributed by atoms with E-state index in [0.29, 0.717) is 21.6 Å². The standard InChI is InChI=1S/C26H22N2O4S/c1-15(2)21-14-20(24(30)27-17-9-4-3-5-10-17)25(33-21)28-23(29)19-13-12-16-8-6-7-11-18(16)22(19)26(31)32/h3-15H,1-2H3,(H,27,30)(H,28,29)(H,31,32). The highest BCUT2D eigenvalue weighted by Gasteiger charge is 2.23. The minimum Gasteiger partial charge on any atom is -0.478 e. The number of hydrogen-bond acceptors (Lipinski definition) is 4. The molecule has 0 saturated heterocycles. The first-order chi connectivity index (χ1) is 15.8. The number of carbonyl (C=O) groups excluding carboxylic acids is 2. The summed E-state index contributed by atoms with van der Waals surface area (Å²) in [6.07, 6.45) is 0. The van der Waals surface area contributed by atoms with Crippen LogP contribution < -0.4 is 10.6 Å². The minimum absolute atomic E-state index is 0.0371. The molecule has 0 atom stereocenters. The van der Waals surface area contributed by atoms with Gasteiger partial charge < -0.3 is 15.7 Å². The number of nitrogens with one attached hydrogen (secondary N) is 2. The predicted molar refractivity (Wildman–Crippen MR) is 132 cm³/mol. The van der Waals surface area contributed by atoms with Crippen molar-refractivity contribution in [3.8, 4) is 0 Å². The summed E-state index contributed by atoms with van der Waals surface area (Å²) in [5, 5.41) is 17.0. The van der Waals surface area contributed by atoms with E-state index in [1.54, 1.807) is 42.5 Å². The molecule has 1 heterocycles. The summed E-state index contributed by atoms with van der Waals surface area (Å²) in [4.78, 5) is 39.1. The van der Waals surface area contributed by atoms with Crippen LogP contribution >= 0.6 is 11.3 Å². The van der Waals surface area contributed by atoms with Crippen LogP contribution in [0.2, 0.25) is 0 Å². The Hall–Kier alpha value is -3.97. The first kappa shape index (κ1) is 22.2. The molecule has 4 aromatic rings. The monoisotopic (exact) mass is 458 g/mol. The van der Waals surface area contributed by atoms with E-state index in [-0.39, 0.29) is 23.0 Å². The lowest BCUT2D eigenvalue weighted by Crippen LogP contribution is -2.19. The second-order valence-corrected chi connectivity index (χ2v) is 8.92. The highest BCUT2D eigenvalue weighted by molar-refractivity contribution is 7.16. The number of carboxylic acid groups (broad SMARTS) is 1. The molecule has 7 heteroatoms. The number of amides is 2. The van der Waals surface area contributed by atoms with Crippen molar-refractivity contribution in [1.29, 1.82) is 0 Å². The van der Waals surface area contributed by atoms with Crippen LogP contribution in [0.3, 0.4) is 0 Å². The van der Waals surface area contributed by atoms with Gasteiger partial charge in [0, 0.05) is 10.6 Å². The molecular formula is C26H22N2O4S. The molecule has 0 aliphatic rings. The van der Waals surface area contributed by atoms with Crippen LogP contribution in [0.4, 0.5) is 10.7 Å². The summed E-state index contributed by atoms with van der Waals surface area (Å²) >= 11 is 1.31. The Kier molecular flexibility index (Phi) is 6.24. The van der Waals surface area contributed by atoms with Gasteiger partial charge in [-0.1, -0.05) is 62.4 Å². The summed E-state index contributed by atoms with van der Waals surface area (Å²) < 4.78 is 0. The molecular weight excluding hydrogens is 436 g/mol. The molecule has 0 spiro atoms. The van der Waals surface area contributed by atoms with E-state index >= 15 is 0 Å². The quantitative estimate of drug-likeness (QED) is 0.319. The Balaban J connectivity index is 1.70. The average molecular weight is 459 g/mol. The van der Waals surface area contributed by atoms with Gasteiger partial charge in [-0.05, 0) is 41.0 Å². The zero-order valence-corrected chi connectivity index (χ0v) is 18.9. The van der Waals surface area contributed by atoms with Gasteiger partial charge in [0.25, 0.3) is 11.8 Å². The lowest BCUT2D eigenvalue weighted by atomic mass is 9.98. The van der Waals surface area contributed by atoms with E-state index in [2.05, 4.69) is 10.6 Å². The molecule has 0 bridgehead atoms. The van der Waals surface area contributed by atoms with Gasteiger partial charge in [0.05, 0.1) is 16.7 Å². The predicted octanol–water partition coefficient (Wildman–Crippen LogP) is 6.23. The third kappa shape index (κ3) is 4.63. The van der Waals surface area contributed by atoms with Gasteiger partial charge in [-0.25, -0.2) is 4.79 Å². The van der Waals surface area contributed by atoms with Crippen LogP contribution in [0.5, 0.6) is 0 Å². The van der Waals surface area contributed by atoms with Crippen molar-refractivity contribution in [3.05, 3.63) is 94.4 Å². The minimum atomic E-state index is -1.19. The van der Waals surface area contributed by atoms with Crippen molar-refractivity contribution in [3.63, 3.8) is 0 Å². The van der Waals surface area contributed by atoms with E-state index in [1.807, 2.05) is 38.1 Å². The molecule has 4 rings (SSSR count). The number of benzene rings is 3. The van der Waals surface area contributed by atoms with Crippen molar-refractivity contribution in [2.75, 3.05) is 10.6 Å². The number of aromatic carboxylic acids is 1. The SMILES string of the molecule is CC(C)c1cc(C(=O)Nc2ccccc2)c(NC(=O)c2ccc3ccccc3c2C(=O)O)s1. The summed E-state index contributed by atoms with van der Waals surface area (Å²) in [6, 6.07) is 21.0. The van der Waals surface area contributed by atoms with E-state index < -0.39 is 11.9 Å². The maximum absolute atomic E-state index is 13.2. The summed E-state index contributed by atoms with van der Waals surface area (Å²) in [5.41, 5.74) is 0.940. The van der Waals surface area contributed by atoms with Crippen LogP contribution in [0, 0.1) is 0 Å². The normalized spacial score (nSPS) is 10.9. The fraction of sp³-hybridized carbons (Fsp3) is 0.115. The second-order valence-electron chi connectivity index (χ2n) is 7.83. The molecule has 0 aliphatic carbocycles. The van der Waals surface area contributed by atoms with Crippen LogP contribution in [-0.4, -0.2) is 22.9 Å². The third-order valence-electron chi connectivity index (χ3n) is 5.21. The number of carbonyl (C=O) groups is 3. The Morgan fingerprint density at radius 3 is 2.18 bits per heavy atom. The molecule has 1 aromatic heterocycles. The van der Waals surface area contributed by atoms with Crippen molar-refractivity contribution in [2.24, 2.45) is 0 Å². The van der Waals surface area contributed by atoms with E-state index in [0.717, 1.165) is 10.3 Å². The van der Waals surface area contributed by atoms with Gasteiger partial charge in [0.1, 0.15) is 5.00 Å². The molecule has 0 fully saturated rings. The highest BCUT2D eigenvalue weighted by Crippen LogP contribution is 2.34. The average Bonchev–Trinajstić information content (AvgIpc) is 3.23. The van der Waals surface area contributed by atoms with E-state index in [1.165, 1.54) is 17.4 Å². The van der Waals surface area contributed by atoms with Crippen LogP contribution in [-0.2, 0) is 0 Å². The number of anilines is 2. The Morgan fingerprint density at radius 2 is 1.48 bits per heavy atom. The van der Waals surface area contributed by atoms with Gasteiger partial charge in [-0.15, -0.1) is 11.3 Å². The molecule has 166 valence electrons. The number of thiophene rings is 1. The molecule has 0 saturated carbocycles. The summed E-state index contributed by atoms with van der Waals surface area (Å²) in [6.45, 7) is 4.00. The lowest BCUT2D eigenvalue weighted by Gasteiger charge is -2.11. The molecule has 2 amide bonds. The van der Waals surface area contributed by atoms with Gasteiger partial charge >= 0.3 is 5.97 Å². The van der Waals surface area contributed by atoms with Gasteiger partial charge in [0.2, 0.25) is 0 Å². The zero-order chi connectivity index (χ0) is 23.5. The maximum atomic E-state index is 13.2. The van der Waals surface area contributed by atoms with Crippen molar-refractivity contribution in [2.45, 2.75) is 19.8 Å². The molecule has 3 N–H and O–H groups in total. The molecule has 33 heavy (non-hydrogen) atoms. The van der Waals surface area contributed by atoms with Gasteiger partial charge in [-0.3, -0.25) is 9.59 Å². The van der Waals surface area contributed by atoms with Crippen molar-refractivity contribution in [1.82, 2.24) is 0 Å². The first-order valence-corrected chi connectivity index (χ1v) is 11.2. The molecule has 6 nitrogen and oxygen atoms in total. The molecule has 3 aromatic carbocycles. The number of rotatable bonds is 6. The maximum Gasteiger partial charge on any atom is 0.337 e. The smallest absolute Gasteiger partial charge is 0.337 e. The molecule has 0 unspecified atom stereocenters. The van der Waals surface area contributed by atoms with E-state index in [9.17, 15) is 19.5 Å². The van der Waals surface area contributed by atoms with Gasteiger partial charge in [-0.2, -0.15) is 0 Å². The highest BCUT2D eigenvalue weighted by atomic mass is 32.1. The lowest BCUT2D eigenvalue weighted by molar-refractivity contribution is 0.0694. The molecule has 0 aliphatic heterocycles. The fourth-order valence-corrected chi connectivity index (χ4v) is 4.59. The van der Waals surface area contributed by atoms with Gasteiger partial charge in [0.15, 0.2) is 0 Å². The second kappa shape index (κ2) is 9.26. The summed E-state index contributed by atoms with van der Waals surface area (Å²) in [7, 11) is 0. The number of para-hydroxylation sites is 1. The van der Waals surface area contributed by atoms with Crippen LogP contribution in [0.25, 0.3) is 10.8 Å². The topological polar surface area (TPSA) is 95.5 Å². The third-order valence-corrected chi connectivity index (χ3v) is 6.56. The van der Waals surface area contributed by atoms with Crippen LogP contribution in [0.15, 0.2) is 72.8 Å². The van der Waals surface area contributed by atoms with Crippen molar-refractivity contribution < 1.29 is 19.5 Å². The van der Waals surface area contributed by atoms with E-state index in [4.69, 9.17) is 0 Å². The molecule has 0 radical (unpaired) electrons. The fourth-order valence-electron chi connectivity index (χ4n) is 3.54. The zero-order valence-electron chi connectivity index (χ0n) is 18.1. The Morgan fingerprint density at radius 1 is 0.818 bits per heavy atom. The van der Waals surface area contributed by atoms with Crippen molar-refractivity contribution >= 4 is 50.6 Å². The number of carboxylic acids is 1. The Bertz CT molecular complexity index is 1360. The number of hydrogen-bond donors (Lipinski definition) is 3. The summed E-state index contributed by atoms with van der Waals surface area (Å²) in [5.74, 6) is -1.96.